The summed E-state index contributed by atoms with van der Waals surface area (Å²) in [5.74, 6) is 0.512. The van der Waals surface area contributed by atoms with Crippen molar-refractivity contribution in [3.63, 3.8) is 0 Å². The normalized spacial score (nSPS) is 9.85. The molecule has 0 unspecified atom stereocenters. The van der Waals surface area contributed by atoms with Gasteiger partial charge in [0.2, 0.25) is 0 Å². The van der Waals surface area contributed by atoms with Gasteiger partial charge in [0.25, 0.3) is 0 Å². The smallest absolute Gasteiger partial charge is 0.136 e. The second kappa shape index (κ2) is 4.12. The summed E-state index contributed by atoms with van der Waals surface area (Å²) in [6.45, 7) is 0. The second-order valence-corrected chi connectivity index (χ2v) is 2.32. The van der Waals surface area contributed by atoms with Crippen molar-refractivity contribution in [3.8, 4) is 11.8 Å². The average Bonchev–Trinajstić information content (AvgIpc) is 2.18. The first kappa shape index (κ1) is 9.07. The molecule has 4 heteroatoms. The molecule has 13 heavy (non-hydrogen) atoms. The quantitative estimate of drug-likeness (QED) is 0.420. The third kappa shape index (κ3) is 1.97. The standard InChI is InChI=1S/C9H8N2O2/c1-13-9-3-2-7(6-11-12)4-8(9)5-10/h2-4,6,12H,1H3/b11-6-. The minimum atomic E-state index is 0.417. The zero-order chi connectivity index (χ0) is 9.68. The maximum atomic E-state index is 8.71. The van der Waals surface area contributed by atoms with Crippen molar-refractivity contribution in [2.45, 2.75) is 0 Å². The highest BCUT2D eigenvalue weighted by atomic mass is 16.5. The lowest BCUT2D eigenvalue weighted by Gasteiger charge is -2.01. The summed E-state index contributed by atoms with van der Waals surface area (Å²) in [5, 5.41) is 19.8. The van der Waals surface area contributed by atoms with Crippen LogP contribution in [-0.4, -0.2) is 18.5 Å². The van der Waals surface area contributed by atoms with E-state index >= 15 is 0 Å². The van der Waals surface area contributed by atoms with Crippen LogP contribution >= 0.6 is 0 Å². The van der Waals surface area contributed by atoms with Crippen LogP contribution in [0.4, 0.5) is 0 Å². The molecule has 0 aliphatic rings. The van der Waals surface area contributed by atoms with Crippen molar-refractivity contribution in [2.24, 2.45) is 5.16 Å². The van der Waals surface area contributed by atoms with E-state index in [0.29, 0.717) is 16.9 Å². The molecule has 0 fully saturated rings. The first-order chi connectivity index (χ1) is 6.31. The zero-order valence-corrected chi connectivity index (χ0v) is 7.06. The largest absolute Gasteiger partial charge is 0.495 e. The predicted octanol–water partition coefficient (Wildman–Crippen LogP) is 1.37. The van der Waals surface area contributed by atoms with E-state index in [1.165, 1.54) is 13.3 Å². The van der Waals surface area contributed by atoms with Gasteiger partial charge in [0, 0.05) is 0 Å². The molecule has 0 aliphatic heterocycles. The number of rotatable bonds is 2. The Labute approximate surface area is 75.7 Å². The van der Waals surface area contributed by atoms with Crippen molar-refractivity contribution in [3.05, 3.63) is 29.3 Å². The van der Waals surface area contributed by atoms with Gasteiger partial charge in [0.05, 0.1) is 18.9 Å². The van der Waals surface area contributed by atoms with Gasteiger partial charge in [0.15, 0.2) is 0 Å². The van der Waals surface area contributed by atoms with E-state index in [2.05, 4.69) is 5.16 Å². The summed E-state index contributed by atoms with van der Waals surface area (Å²) >= 11 is 0. The van der Waals surface area contributed by atoms with Gasteiger partial charge in [-0.15, -0.1) is 0 Å². The van der Waals surface area contributed by atoms with E-state index in [-0.39, 0.29) is 0 Å². The van der Waals surface area contributed by atoms with Crippen LogP contribution in [0, 0.1) is 11.3 Å². The Morgan fingerprint density at radius 1 is 1.62 bits per heavy atom. The Morgan fingerprint density at radius 3 is 2.92 bits per heavy atom. The van der Waals surface area contributed by atoms with Gasteiger partial charge < -0.3 is 9.94 Å². The molecule has 0 atom stereocenters. The monoisotopic (exact) mass is 176 g/mol. The fourth-order valence-electron chi connectivity index (χ4n) is 0.960. The molecule has 1 rings (SSSR count). The minimum Gasteiger partial charge on any atom is -0.495 e. The topological polar surface area (TPSA) is 65.6 Å². The van der Waals surface area contributed by atoms with Crippen LogP contribution in [0.2, 0.25) is 0 Å². The van der Waals surface area contributed by atoms with Gasteiger partial charge in [0.1, 0.15) is 11.8 Å². The number of methoxy groups -OCH3 is 1. The number of hydrogen-bond acceptors (Lipinski definition) is 4. The zero-order valence-electron chi connectivity index (χ0n) is 7.06. The van der Waals surface area contributed by atoms with E-state index < -0.39 is 0 Å². The minimum absolute atomic E-state index is 0.417. The Hall–Kier alpha value is -2.02. The molecule has 0 aromatic heterocycles. The average molecular weight is 176 g/mol. The SMILES string of the molecule is COc1ccc(/C=N\O)cc1C#N. The van der Waals surface area contributed by atoms with Crippen LogP contribution in [0.1, 0.15) is 11.1 Å². The van der Waals surface area contributed by atoms with Crippen molar-refractivity contribution >= 4 is 6.21 Å². The van der Waals surface area contributed by atoms with E-state index in [1.807, 2.05) is 6.07 Å². The summed E-state index contributed by atoms with van der Waals surface area (Å²) in [6.07, 6.45) is 1.25. The highest BCUT2D eigenvalue weighted by Gasteiger charge is 2.01. The molecular weight excluding hydrogens is 168 g/mol. The molecule has 0 radical (unpaired) electrons. The first-order valence-electron chi connectivity index (χ1n) is 3.57. The molecule has 1 N–H and O–H groups in total. The van der Waals surface area contributed by atoms with Gasteiger partial charge >= 0.3 is 0 Å². The lowest BCUT2D eigenvalue weighted by Crippen LogP contribution is -1.90. The Balaban J connectivity index is 3.15. The molecule has 0 bridgehead atoms. The van der Waals surface area contributed by atoms with E-state index in [1.54, 1.807) is 18.2 Å². The third-order valence-corrected chi connectivity index (χ3v) is 1.55. The van der Waals surface area contributed by atoms with Crippen LogP contribution in [0.25, 0.3) is 0 Å². The predicted molar refractivity (Wildman–Crippen MR) is 47.1 cm³/mol. The van der Waals surface area contributed by atoms with E-state index in [0.717, 1.165) is 0 Å². The summed E-state index contributed by atoms with van der Waals surface area (Å²) in [6, 6.07) is 6.90. The first-order valence-corrected chi connectivity index (χ1v) is 3.57. The third-order valence-electron chi connectivity index (χ3n) is 1.55. The molecule has 1 aromatic carbocycles. The molecule has 66 valence electrons. The fourth-order valence-corrected chi connectivity index (χ4v) is 0.960. The van der Waals surface area contributed by atoms with Gasteiger partial charge in [-0.25, -0.2) is 0 Å². The van der Waals surface area contributed by atoms with Crippen LogP contribution in [0.5, 0.6) is 5.75 Å². The summed E-state index contributed by atoms with van der Waals surface area (Å²) in [7, 11) is 1.50. The van der Waals surface area contributed by atoms with Gasteiger partial charge in [-0.1, -0.05) is 5.16 Å². The lowest BCUT2D eigenvalue weighted by molar-refractivity contribution is 0.322. The Kier molecular flexibility index (Phi) is 2.87. The molecule has 1 aromatic rings. The fraction of sp³-hybridized carbons (Fsp3) is 0.111. The number of ether oxygens (including phenoxy) is 1. The molecule has 0 aliphatic carbocycles. The molecule has 0 heterocycles. The maximum Gasteiger partial charge on any atom is 0.136 e. The lowest BCUT2D eigenvalue weighted by atomic mass is 10.1. The maximum absolute atomic E-state index is 8.71. The Bertz CT molecular complexity index is 366. The van der Waals surface area contributed by atoms with Crippen molar-refractivity contribution in [1.82, 2.24) is 0 Å². The number of hydrogen-bond donors (Lipinski definition) is 1. The molecule has 0 saturated carbocycles. The van der Waals surface area contributed by atoms with Crippen molar-refractivity contribution in [2.75, 3.05) is 7.11 Å². The van der Waals surface area contributed by atoms with Crippen LogP contribution in [0.15, 0.2) is 23.4 Å². The number of nitriles is 1. The van der Waals surface area contributed by atoms with Crippen LogP contribution < -0.4 is 4.74 Å². The number of oxime groups is 1. The van der Waals surface area contributed by atoms with Gasteiger partial charge in [-0.3, -0.25) is 0 Å². The molecule has 0 saturated heterocycles. The van der Waals surface area contributed by atoms with Gasteiger partial charge in [-0.2, -0.15) is 5.26 Å². The number of nitrogens with zero attached hydrogens (tertiary/aromatic N) is 2. The highest BCUT2D eigenvalue weighted by molar-refractivity contribution is 5.80. The molecular formula is C9H8N2O2. The van der Waals surface area contributed by atoms with Crippen LogP contribution in [0.3, 0.4) is 0 Å². The van der Waals surface area contributed by atoms with E-state index in [9.17, 15) is 0 Å². The molecule has 0 spiro atoms. The Morgan fingerprint density at radius 2 is 2.38 bits per heavy atom. The molecule has 4 nitrogen and oxygen atoms in total. The summed E-state index contributed by atoms with van der Waals surface area (Å²) in [5.41, 5.74) is 1.07. The van der Waals surface area contributed by atoms with Gasteiger partial charge in [-0.05, 0) is 23.8 Å². The van der Waals surface area contributed by atoms with E-state index in [4.69, 9.17) is 15.2 Å². The summed E-state index contributed by atoms with van der Waals surface area (Å²) < 4.78 is 4.94. The summed E-state index contributed by atoms with van der Waals surface area (Å²) in [4.78, 5) is 0. The number of benzene rings is 1. The highest BCUT2D eigenvalue weighted by Crippen LogP contribution is 2.17. The van der Waals surface area contributed by atoms with Crippen LogP contribution in [-0.2, 0) is 0 Å². The van der Waals surface area contributed by atoms with Crippen molar-refractivity contribution < 1.29 is 9.94 Å². The second-order valence-electron chi connectivity index (χ2n) is 2.32. The molecule has 0 amide bonds. The van der Waals surface area contributed by atoms with Crippen molar-refractivity contribution in [1.29, 1.82) is 5.26 Å².